The minimum Gasteiger partial charge on any atom is -0.382 e. The van der Waals surface area contributed by atoms with Gasteiger partial charge < -0.3 is 5.32 Å². The Morgan fingerprint density at radius 2 is 1.25 bits per heavy atom. The molecule has 0 saturated carbocycles. The normalized spacial score (nSPS) is 10.8. The lowest BCUT2D eigenvalue weighted by Crippen LogP contribution is -2.10. The Morgan fingerprint density at radius 3 is 1.83 bits per heavy atom. The quantitative estimate of drug-likeness (QED) is 0.524. The second kappa shape index (κ2) is 8.32. The number of anilines is 1. The van der Waals surface area contributed by atoms with E-state index in [0.717, 1.165) is 0 Å². The fourth-order valence-corrected chi connectivity index (χ4v) is 4.24. The average Bonchev–Trinajstić information content (AvgIpc) is 2.59. The molecule has 0 aliphatic heterocycles. The number of nitrogens with one attached hydrogen (secondary N) is 1. The maximum absolute atomic E-state index is 3.55. The van der Waals surface area contributed by atoms with E-state index in [0.29, 0.717) is 6.04 Å². The zero-order valence-corrected chi connectivity index (χ0v) is 15.5. The molecule has 0 aliphatic rings. The predicted molar refractivity (Wildman–Crippen MR) is 106 cm³/mol. The van der Waals surface area contributed by atoms with Crippen LogP contribution < -0.4 is 5.32 Å². The standard InChI is InChI=1S/C21H21NS2/c1-16(2)22-20-14-13-19(23-17-9-5-3-6-10-17)15-21(20)24-18-11-7-4-8-12-18/h3-16,22H,1-2H3. The van der Waals surface area contributed by atoms with E-state index >= 15 is 0 Å². The van der Waals surface area contributed by atoms with Crippen molar-refractivity contribution in [2.45, 2.75) is 39.5 Å². The van der Waals surface area contributed by atoms with Gasteiger partial charge in [-0.05, 0) is 56.3 Å². The van der Waals surface area contributed by atoms with Crippen molar-refractivity contribution in [2.24, 2.45) is 0 Å². The van der Waals surface area contributed by atoms with E-state index < -0.39 is 0 Å². The van der Waals surface area contributed by atoms with E-state index in [1.165, 1.54) is 25.3 Å². The van der Waals surface area contributed by atoms with Crippen molar-refractivity contribution < 1.29 is 0 Å². The molecule has 1 N–H and O–H groups in total. The van der Waals surface area contributed by atoms with Gasteiger partial charge >= 0.3 is 0 Å². The second-order valence-electron chi connectivity index (χ2n) is 5.79. The lowest BCUT2D eigenvalue weighted by Gasteiger charge is -2.16. The Hall–Kier alpha value is -1.84. The van der Waals surface area contributed by atoms with Crippen molar-refractivity contribution in [2.75, 3.05) is 5.32 Å². The highest BCUT2D eigenvalue weighted by atomic mass is 32.2. The monoisotopic (exact) mass is 351 g/mol. The first kappa shape index (κ1) is 17.0. The summed E-state index contributed by atoms with van der Waals surface area (Å²) in [5.41, 5.74) is 1.19. The van der Waals surface area contributed by atoms with Crippen LogP contribution in [0.25, 0.3) is 0 Å². The van der Waals surface area contributed by atoms with Crippen molar-refractivity contribution in [3.05, 3.63) is 78.9 Å². The number of hydrogen-bond acceptors (Lipinski definition) is 3. The van der Waals surface area contributed by atoms with Gasteiger partial charge in [0.05, 0.1) is 0 Å². The molecule has 1 nitrogen and oxygen atoms in total. The number of rotatable bonds is 6. The van der Waals surface area contributed by atoms with Crippen molar-refractivity contribution >= 4 is 29.2 Å². The topological polar surface area (TPSA) is 12.0 Å². The summed E-state index contributed by atoms with van der Waals surface area (Å²) in [6.45, 7) is 4.34. The molecule has 0 fully saturated rings. The molecular formula is C21H21NS2. The summed E-state index contributed by atoms with van der Waals surface area (Å²) < 4.78 is 0. The molecule has 0 amide bonds. The summed E-state index contributed by atoms with van der Waals surface area (Å²) in [5.74, 6) is 0. The van der Waals surface area contributed by atoms with Gasteiger partial charge in [0, 0.05) is 31.3 Å². The van der Waals surface area contributed by atoms with Gasteiger partial charge in [-0.2, -0.15) is 0 Å². The van der Waals surface area contributed by atoms with Gasteiger partial charge in [-0.15, -0.1) is 0 Å². The zero-order chi connectivity index (χ0) is 16.8. The summed E-state index contributed by atoms with van der Waals surface area (Å²) in [6.07, 6.45) is 0. The van der Waals surface area contributed by atoms with Gasteiger partial charge in [-0.25, -0.2) is 0 Å². The highest BCUT2D eigenvalue weighted by Crippen LogP contribution is 2.38. The van der Waals surface area contributed by atoms with Crippen LogP contribution in [0.3, 0.4) is 0 Å². The molecule has 0 heterocycles. The van der Waals surface area contributed by atoms with Crippen LogP contribution in [0.4, 0.5) is 5.69 Å². The highest BCUT2D eigenvalue weighted by molar-refractivity contribution is 8.00. The minimum atomic E-state index is 0.410. The molecule has 0 bridgehead atoms. The summed E-state index contributed by atoms with van der Waals surface area (Å²) >= 11 is 3.60. The van der Waals surface area contributed by atoms with Crippen LogP contribution in [0.5, 0.6) is 0 Å². The molecule has 24 heavy (non-hydrogen) atoms. The zero-order valence-electron chi connectivity index (χ0n) is 13.9. The van der Waals surface area contributed by atoms with E-state index in [9.17, 15) is 0 Å². The van der Waals surface area contributed by atoms with Crippen LogP contribution >= 0.6 is 23.5 Å². The van der Waals surface area contributed by atoms with E-state index in [1.54, 1.807) is 23.5 Å². The maximum atomic E-state index is 3.55. The first-order chi connectivity index (χ1) is 11.7. The van der Waals surface area contributed by atoms with E-state index in [2.05, 4.69) is 98.0 Å². The molecule has 3 heteroatoms. The lowest BCUT2D eigenvalue weighted by molar-refractivity contribution is 0.893. The van der Waals surface area contributed by atoms with Gasteiger partial charge in [-0.1, -0.05) is 59.9 Å². The van der Waals surface area contributed by atoms with Crippen molar-refractivity contribution in [1.82, 2.24) is 0 Å². The molecule has 3 rings (SSSR count). The molecule has 0 unspecified atom stereocenters. The molecule has 0 saturated heterocycles. The third-order valence-electron chi connectivity index (χ3n) is 3.35. The molecule has 122 valence electrons. The van der Waals surface area contributed by atoms with Crippen LogP contribution in [0.2, 0.25) is 0 Å². The summed E-state index contributed by atoms with van der Waals surface area (Å²) in [6, 6.07) is 28.1. The largest absolute Gasteiger partial charge is 0.382 e. The van der Waals surface area contributed by atoms with Crippen LogP contribution in [0.1, 0.15) is 13.8 Å². The summed E-state index contributed by atoms with van der Waals surface area (Å²) in [7, 11) is 0. The first-order valence-corrected chi connectivity index (χ1v) is 9.70. The molecule has 0 aromatic heterocycles. The van der Waals surface area contributed by atoms with Crippen molar-refractivity contribution in [3.63, 3.8) is 0 Å². The smallest absolute Gasteiger partial charge is 0.0484 e. The number of benzene rings is 3. The van der Waals surface area contributed by atoms with Crippen LogP contribution in [-0.2, 0) is 0 Å². The summed E-state index contributed by atoms with van der Waals surface area (Å²) in [4.78, 5) is 5.04. The van der Waals surface area contributed by atoms with Crippen molar-refractivity contribution in [3.8, 4) is 0 Å². The van der Waals surface area contributed by atoms with Gasteiger partial charge in [0.15, 0.2) is 0 Å². The maximum Gasteiger partial charge on any atom is 0.0484 e. The predicted octanol–water partition coefficient (Wildman–Crippen LogP) is 6.81. The lowest BCUT2D eigenvalue weighted by atomic mass is 10.3. The fraction of sp³-hybridized carbons (Fsp3) is 0.143. The van der Waals surface area contributed by atoms with E-state index in [1.807, 2.05) is 0 Å². The average molecular weight is 352 g/mol. The second-order valence-corrected chi connectivity index (χ2v) is 8.05. The van der Waals surface area contributed by atoms with Crippen LogP contribution in [0.15, 0.2) is 98.4 Å². The van der Waals surface area contributed by atoms with E-state index in [4.69, 9.17) is 0 Å². The molecule has 3 aromatic rings. The number of hydrogen-bond donors (Lipinski definition) is 1. The van der Waals surface area contributed by atoms with Gasteiger partial charge in [-0.3, -0.25) is 0 Å². The van der Waals surface area contributed by atoms with Crippen molar-refractivity contribution in [1.29, 1.82) is 0 Å². The Bertz CT molecular complexity index is 770. The van der Waals surface area contributed by atoms with E-state index in [-0.39, 0.29) is 0 Å². The van der Waals surface area contributed by atoms with Gasteiger partial charge in [0.1, 0.15) is 0 Å². The minimum absolute atomic E-state index is 0.410. The molecule has 0 spiro atoms. The first-order valence-electron chi connectivity index (χ1n) is 8.07. The Balaban J connectivity index is 1.88. The summed E-state index contributed by atoms with van der Waals surface area (Å²) in [5, 5.41) is 3.55. The molecule has 3 aromatic carbocycles. The van der Waals surface area contributed by atoms with Crippen LogP contribution in [0, 0.1) is 0 Å². The molecule has 0 atom stereocenters. The highest BCUT2D eigenvalue weighted by Gasteiger charge is 2.08. The van der Waals surface area contributed by atoms with Crippen LogP contribution in [-0.4, -0.2) is 6.04 Å². The molecule has 0 radical (unpaired) electrons. The van der Waals surface area contributed by atoms with Gasteiger partial charge in [0.2, 0.25) is 0 Å². The van der Waals surface area contributed by atoms with Gasteiger partial charge in [0.25, 0.3) is 0 Å². The Morgan fingerprint density at radius 1 is 0.667 bits per heavy atom. The Kier molecular flexibility index (Phi) is 5.89. The SMILES string of the molecule is CC(C)Nc1ccc(Sc2ccccc2)cc1Sc1ccccc1. The fourth-order valence-electron chi connectivity index (χ4n) is 2.32. The third kappa shape index (κ3) is 4.83. The Labute approximate surface area is 152 Å². The molecular weight excluding hydrogens is 330 g/mol. The third-order valence-corrected chi connectivity index (χ3v) is 5.41. The molecule has 0 aliphatic carbocycles.